The van der Waals surface area contributed by atoms with Crippen molar-refractivity contribution in [1.82, 2.24) is 0 Å². The van der Waals surface area contributed by atoms with Crippen LogP contribution in [0.2, 0.25) is 5.02 Å². The van der Waals surface area contributed by atoms with Gasteiger partial charge < -0.3 is 5.11 Å². The maximum atomic E-state index is 12.7. The van der Waals surface area contributed by atoms with Gasteiger partial charge in [-0.05, 0) is 64.0 Å². The highest BCUT2D eigenvalue weighted by molar-refractivity contribution is 14.1. The van der Waals surface area contributed by atoms with Gasteiger partial charge in [-0.1, -0.05) is 23.7 Å². The molecule has 1 N–H and O–H groups in total. The SMILES string of the molecule is OC(c1cccc(C(F)(F)F)c1)c1cc(Cl)ccc1I. The standard InChI is InChI=1S/C14H9ClF3IO/c15-10-4-5-12(19)11(7-10)13(20)8-2-1-3-9(6-8)14(16,17)18/h1-7,13,20H. The molecule has 2 aromatic rings. The van der Waals surface area contributed by atoms with Gasteiger partial charge in [-0.15, -0.1) is 0 Å². The average molecular weight is 413 g/mol. The van der Waals surface area contributed by atoms with Crippen LogP contribution in [-0.2, 0) is 6.18 Å². The molecular weight excluding hydrogens is 404 g/mol. The molecule has 2 rings (SSSR count). The molecule has 0 aliphatic carbocycles. The van der Waals surface area contributed by atoms with Gasteiger partial charge in [0.15, 0.2) is 0 Å². The summed E-state index contributed by atoms with van der Waals surface area (Å²) >= 11 is 7.86. The first-order valence-electron chi connectivity index (χ1n) is 5.59. The Labute approximate surface area is 132 Å². The zero-order chi connectivity index (χ0) is 14.9. The molecule has 0 heterocycles. The maximum Gasteiger partial charge on any atom is 0.416 e. The third-order valence-electron chi connectivity index (χ3n) is 2.78. The fourth-order valence-electron chi connectivity index (χ4n) is 1.79. The molecule has 0 aliphatic heterocycles. The summed E-state index contributed by atoms with van der Waals surface area (Å²) in [6, 6.07) is 9.56. The van der Waals surface area contributed by atoms with Gasteiger partial charge in [0.2, 0.25) is 0 Å². The third kappa shape index (κ3) is 3.45. The monoisotopic (exact) mass is 412 g/mol. The summed E-state index contributed by atoms with van der Waals surface area (Å²) in [5.74, 6) is 0. The highest BCUT2D eigenvalue weighted by Gasteiger charge is 2.31. The van der Waals surface area contributed by atoms with Crippen molar-refractivity contribution in [1.29, 1.82) is 0 Å². The van der Waals surface area contributed by atoms with Crippen molar-refractivity contribution in [2.75, 3.05) is 0 Å². The summed E-state index contributed by atoms with van der Waals surface area (Å²) in [5, 5.41) is 10.7. The number of aliphatic hydroxyl groups excluding tert-OH is 1. The van der Waals surface area contributed by atoms with Crippen molar-refractivity contribution < 1.29 is 18.3 Å². The summed E-state index contributed by atoms with van der Waals surface area (Å²) in [7, 11) is 0. The molecule has 1 unspecified atom stereocenters. The minimum atomic E-state index is -4.43. The first-order chi connectivity index (χ1) is 9.29. The molecule has 2 aromatic carbocycles. The van der Waals surface area contributed by atoms with Gasteiger partial charge in [-0.25, -0.2) is 0 Å². The number of halogens is 5. The van der Waals surface area contributed by atoms with Crippen LogP contribution in [0.5, 0.6) is 0 Å². The van der Waals surface area contributed by atoms with Crippen LogP contribution < -0.4 is 0 Å². The van der Waals surface area contributed by atoms with E-state index in [0.717, 1.165) is 15.7 Å². The molecule has 20 heavy (non-hydrogen) atoms. The molecule has 0 spiro atoms. The molecule has 0 fully saturated rings. The molecule has 6 heteroatoms. The van der Waals surface area contributed by atoms with Crippen LogP contribution in [-0.4, -0.2) is 5.11 Å². The zero-order valence-corrected chi connectivity index (χ0v) is 12.9. The molecule has 0 saturated carbocycles. The van der Waals surface area contributed by atoms with Crippen molar-refractivity contribution in [3.05, 3.63) is 67.7 Å². The number of benzene rings is 2. The Balaban J connectivity index is 2.43. The highest BCUT2D eigenvalue weighted by atomic mass is 127. The van der Waals surface area contributed by atoms with Crippen molar-refractivity contribution >= 4 is 34.2 Å². The second kappa shape index (κ2) is 5.91. The Morgan fingerprint density at radius 3 is 2.45 bits per heavy atom. The fraction of sp³-hybridized carbons (Fsp3) is 0.143. The van der Waals surface area contributed by atoms with Crippen LogP contribution in [0.3, 0.4) is 0 Å². The first-order valence-corrected chi connectivity index (χ1v) is 7.05. The Kier molecular flexibility index (Phi) is 4.61. The topological polar surface area (TPSA) is 20.2 Å². The molecule has 1 nitrogen and oxygen atoms in total. The molecule has 0 aromatic heterocycles. The smallest absolute Gasteiger partial charge is 0.384 e. The Hall–Kier alpha value is -0.790. The van der Waals surface area contributed by atoms with Crippen molar-refractivity contribution in [2.24, 2.45) is 0 Å². The van der Waals surface area contributed by atoms with Gasteiger partial charge in [0.05, 0.1) is 5.56 Å². The molecule has 0 aliphatic rings. The minimum absolute atomic E-state index is 0.181. The van der Waals surface area contributed by atoms with Gasteiger partial charge >= 0.3 is 6.18 Å². The van der Waals surface area contributed by atoms with E-state index in [4.69, 9.17) is 11.6 Å². The Bertz CT molecular complexity index is 628. The number of alkyl halides is 3. The molecular formula is C14H9ClF3IO. The predicted molar refractivity (Wildman–Crippen MR) is 79.7 cm³/mol. The normalized spacial score (nSPS) is 13.3. The number of hydrogen-bond acceptors (Lipinski definition) is 1. The quantitative estimate of drug-likeness (QED) is 0.685. The molecule has 0 radical (unpaired) electrons. The van der Waals surface area contributed by atoms with E-state index >= 15 is 0 Å². The van der Waals surface area contributed by atoms with E-state index in [0.29, 0.717) is 10.6 Å². The van der Waals surface area contributed by atoms with Gasteiger partial charge in [0.1, 0.15) is 6.10 Å². The Morgan fingerprint density at radius 1 is 1.10 bits per heavy atom. The van der Waals surface area contributed by atoms with Crippen LogP contribution in [0.25, 0.3) is 0 Å². The lowest BCUT2D eigenvalue weighted by Gasteiger charge is -2.15. The van der Waals surface area contributed by atoms with Crippen LogP contribution in [0.4, 0.5) is 13.2 Å². The molecule has 106 valence electrons. The second-order valence-corrected chi connectivity index (χ2v) is 5.79. The van der Waals surface area contributed by atoms with E-state index in [1.54, 1.807) is 18.2 Å². The molecule has 0 bridgehead atoms. The van der Waals surface area contributed by atoms with Crippen LogP contribution in [0.15, 0.2) is 42.5 Å². The Morgan fingerprint density at radius 2 is 1.80 bits per heavy atom. The van der Waals surface area contributed by atoms with Gasteiger partial charge in [0, 0.05) is 8.59 Å². The van der Waals surface area contributed by atoms with Crippen molar-refractivity contribution in [2.45, 2.75) is 12.3 Å². The van der Waals surface area contributed by atoms with E-state index in [1.165, 1.54) is 12.1 Å². The summed E-state index contributed by atoms with van der Waals surface area (Å²) in [6.45, 7) is 0. The van der Waals surface area contributed by atoms with Gasteiger partial charge in [0.25, 0.3) is 0 Å². The molecule has 0 saturated heterocycles. The van der Waals surface area contributed by atoms with Crippen LogP contribution >= 0.6 is 34.2 Å². The largest absolute Gasteiger partial charge is 0.416 e. The number of rotatable bonds is 2. The lowest BCUT2D eigenvalue weighted by molar-refractivity contribution is -0.137. The maximum absolute atomic E-state index is 12.7. The lowest BCUT2D eigenvalue weighted by atomic mass is 9.99. The van der Waals surface area contributed by atoms with Crippen LogP contribution in [0, 0.1) is 3.57 Å². The summed E-state index contributed by atoms with van der Waals surface area (Å²) < 4.78 is 38.8. The van der Waals surface area contributed by atoms with Gasteiger partial charge in [-0.3, -0.25) is 0 Å². The van der Waals surface area contributed by atoms with Crippen LogP contribution in [0.1, 0.15) is 22.8 Å². The van der Waals surface area contributed by atoms with Crippen molar-refractivity contribution in [3.8, 4) is 0 Å². The number of aliphatic hydroxyl groups is 1. The minimum Gasteiger partial charge on any atom is -0.384 e. The fourth-order valence-corrected chi connectivity index (χ4v) is 2.60. The predicted octanol–water partition coefficient (Wildman–Crippen LogP) is 5.05. The van der Waals surface area contributed by atoms with E-state index < -0.39 is 17.8 Å². The lowest BCUT2D eigenvalue weighted by Crippen LogP contribution is -2.08. The first kappa shape index (κ1) is 15.6. The number of hydrogen-bond donors (Lipinski definition) is 1. The summed E-state index contributed by atoms with van der Waals surface area (Å²) in [5.41, 5.74) is -0.122. The third-order valence-corrected chi connectivity index (χ3v) is 4.00. The molecule has 1 atom stereocenters. The second-order valence-electron chi connectivity index (χ2n) is 4.19. The van der Waals surface area contributed by atoms with Gasteiger partial charge in [-0.2, -0.15) is 13.2 Å². The van der Waals surface area contributed by atoms with E-state index in [-0.39, 0.29) is 5.56 Å². The zero-order valence-electron chi connectivity index (χ0n) is 9.96. The summed E-state index contributed by atoms with van der Waals surface area (Å²) in [4.78, 5) is 0. The molecule has 0 amide bonds. The van der Waals surface area contributed by atoms with Crippen molar-refractivity contribution in [3.63, 3.8) is 0 Å². The highest BCUT2D eigenvalue weighted by Crippen LogP contribution is 2.33. The van der Waals surface area contributed by atoms with E-state index in [1.807, 2.05) is 22.6 Å². The van der Waals surface area contributed by atoms with E-state index in [2.05, 4.69) is 0 Å². The van der Waals surface area contributed by atoms with E-state index in [9.17, 15) is 18.3 Å². The average Bonchev–Trinajstić information content (AvgIpc) is 2.40. The summed E-state index contributed by atoms with van der Waals surface area (Å²) in [6.07, 6.45) is -5.58.